The van der Waals surface area contributed by atoms with E-state index in [9.17, 15) is 18.8 Å². The van der Waals surface area contributed by atoms with Crippen LogP contribution in [0.25, 0.3) is 11.3 Å². The van der Waals surface area contributed by atoms with Gasteiger partial charge in [0.25, 0.3) is 5.56 Å². The van der Waals surface area contributed by atoms with E-state index >= 15 is 0 Å². The summed E-state index contributed by atoms with van der Waals surface area (Å²) in [6.45, 7) is 4.30. The third-order valence-electron chi connectivity index (χ3n) is 5.82. The third kappa shape index (κ3) is 5.34. The van der Waals surface area contributed by atoms with E-state index in [1.165, 1.54) is 22.9 Å². The summed E-state index contributed by atoms with van der Waals surface area (Å²) in [5, 5.41) is 4.34. The van der Waals surface area contributed by atoms with Crippen molar-refractivity contribution in [1.29, 1.82) is 0 Å². The zero-order chi connectivity index (χ0) is 23.4. The summed E-state index contributed by atoms with van der Waals surface area (Å²) in [4.78, 5) is 40.4. The summed E-state index contributed by atoms with van der Waals surface area (Å²) in [5.41, 5.74) is 2.67. The molecule has 0 N–H and O–H groups in total. The second-order valence-corrected chi connectivity index (χ2v) is 8.01. The number of halogens is 1. The number of aromatic nitrogens is 2. The number of Topliss-reactive ketones (excluding diaryl/α,β-unsaturated/α-hetero) is 1. The van der Waals surface area contributed by atoms with E-state index in [0.717, 1.165) is 5.69 Å². The smallest absolute Gasteiger partial charge is 0.266 e. The Bertz CT molecular complexity index is 1200. The van der Waals surface area contributed by atoms with Gasteiger partial charge in [0.1, 0.15) is 5.82 Å². The van der Waals surface area contributed by atoms with E-state index in [4.69, 9.17) is 0 Å². The van der Waals surface area contributed by atoms with Crippen LogP contribution in [-0.4, -0.2) is 52.5 Å². The Morgan fingerprint density at radius 1 is 0.909 bits per heavy atom. The van der Waals surface area contributed by atoms with Crippen molar-refractivity contribution in [2.45, 2.75) is 19.9 Å². The lowest BCUT2D eigenvalue weighted by atomic mass is 10.1. The molecular weight excluding hydrogens is 423 g/mol. The van der Waals surface area contributed by atoms with Gasteiger partial charge in [0.15, 0.2) is 5.78 Å². The van der Waals surface area contributed by atoms with Crippen LogP contribution in [0, 0.1) is 5.82 Å². The number of piperazine rings is 1. The molecule has 0 aliphatic carbocycles. The maximum atomic E-state index is 13.2. The Morgan fingerprint density at radius 3 is 2.21 bits per heavy atom. The molecule has 1 aliphatic heterocycles. The summed E-state index contributed by atoms with van der Waals surface area (Å²) in [6.07, 6.45) is 0.174. The molecule has 1 aliphatic rings. The SMILES string of the molecule is CC(=O)c1ccc(N2CCN(C(=O)CCn3nc(-c4ccc(F)cc4)ccc3=O)CC2)cc1. The van der Waals surface area contributed by atoms with Crippen molar-refractivity contribution in [1.82, 2.24) is 14.7 Å². The third-order valence-corrected chi connectivity index (χ3v) is 5.82. The molecule has 8 heteroatoms. The van der Waals surface area contributed by atoms with Gasteiger partial charge in [-0.1, -0.05) is 0 Å². The number of anilines is 1. The van der Waals surface area contributed by atoms with Gasteiger partial charge in [-0.25, -0.2) is 9.07 Å². The fourth-order valence-corrected chi connectivity index (χ4v) is 3.86. The van der Waals surface area contributed by atoms with Crippen molar-refractivity contribution in [2.75, 3.05) is 31.1 Å². The number of ketones is 1. The first-order chi connectivity index (χ1) is 15.9. The van der Waals surface area contributed by atoms with Gasteiger partial charge in [-0.3, -0.25) is 14.4 Å². The predicted octanol–water partition coefficient (Wildman–Crippen LogP) is 2.99. The summed E-state index contributed by atoms with van der Waals surface area (Å²) in [7, 11) is 0. The first-order valence-corrected chi connectivity index (χ1v) is 10.9. The van der Waals surface area contributed by atoms with Gasteiger partial charge in [-0.05, 0) is 61.5 Å². The topological polar surface area (TPSA) is 75.5 Å². The highest BCUT2D eigenvalue weighted by atomic mass is 19.1. The maximum absolute atomic E-state index is 13.2. The predicted molar refractivity (Wildman–Crippen MR) is 124 cm³/mol. The van der Waals surface area contributed by atoms with E-state index in [-0.39, 0.29) is 36.0 Å². The van der Waals surface area contributed by atoms with Gasteiger partial charge in [0, 0.05) is 55.5 Å². The molecule has 1 amide bonds. The normalized spacial score (nSPS) is 13.8. The zero-order valence-corrected chi connectivity index (χ0v) is 18.4. The summed E-state index contributed by atoms with van der Waals surface area (Å²) >= 11 is 0. The molecule has 0 atom stereocenters. The van der Waals surface area contributed by atoms with Crippen molar-refractivity contribution in [3.63, 3.8) is 0 Å². The molecular formula is C25H25FN4O3. The number of amides is 1. The Kier molecular flexibility index (Phi) is 6.63. The molecule has 0 saturated carbocycles. The summed E-state index contributed by atoms with van der Waals surface area (Å²) in [6, 6.07) is 16.4. The molecule has 0 spiro atoms. The van der Waals surface area contributed by atoms with E-state index in [2.05, 4.69) is 10.00 Å². The van der Waals surface area contributed by atoms with Crippen molar-refractivity contribution in [2.24, 2.45) is 0 Å². The molecule has 33 heavy (non-hydrogen) atoms. The number of aryl methyl sites for hydroxylation is 1. The quantitative estimate of drug-likeness (QED) is 0.542. The lowest BCUT2D eigenvalue weighted by Crippen LogP contribution is -2.49. The van der Waals surface area contributed by atoms with Crippen LogP contribution >= 0.6 is 0 Å². The fourth-order valence-electron chi connectivity index (χ4n) is 3.86. The van der Waals surface area contributed by atoms with Gasteiger partial charge >= 0.3 is 0 Å². The molecule has 0 unspecified atom stereocenters. The number of hydrogen-bond acceptors (Lipinski definition) is 5. The average Bonchev–Trinajstić information content (AvgIpc) is 2.84. The number of carbonyl (C=O) groups is 2. The lowest BCUT2D eigenvalue weighted by molar-refractivity contribution is -0.131. The Labute approximate surface area is 191 Å². The molecule has 7 nitrogen and oxygen atoms in total. The Balaban J connectivity index is 1.33. The van der Waals surface area contributed by atoms with Crippen molar-refractivity contribution in [3.05, 3.63) is 82.4 Å². The number of benzene rings is 2. The number of nitrogens with zero attached hydrogens (tertiary/aromatic N) is 4. The summed E-state index contributed by atoms with van der Waals surface area (Å²) in [5.74, 6) is -0.331. The number of carbonyl (C=O) groups excluding carboxylic acids is 2. The molecule has 4 rings (SSSR count). The molecule has 0 bridgehead atoms. The molecule has 2 aromatic carbocycles. The minimum atomic E-state index is -0.342. The standard InChI is InChI=1S/C25H25FN4O3/c1-18(31)19-4-8-22(9-5-19)28-14-16-29(17-15-28)24(32)12-13-30-25(33)11-10-23(27-30)20-2-6-21(26)7-3-20/h2-11H,12-17H2,1H3. The van der Waals surface area contributed by atoms with E-state index in [1.807, 2.05) is 24.3 Å². The van der Waals surface area contributed by atoms with E-state index < -0.39 is 0 Å². The van der Waals surface area contributed by atoms with E-state index in [1.54, 1.807) is 30.0 Å². The van der Waals surface area contributed by atoms with Crippen molar-refractivity contribution < 1.29 is 14.0 Å². The van der Waals surface area contributed by atoms with Crippen molar-refractivity contribution >= 4 is 17.4 Å². The monoisotopic (exact) mass is 448 g/mol. The summed E-state index contributed by atoms with van der Waals surface area (Å²) < 4.78 is 14.4. The largest absolute Gasteiger partial charge is 0.368 e. The fraction of sp³-hybridized carbons (Fsp3) is 0.280. The van der Waals surface area contributed by atoms with Crippen LogP contribution in [0.1, 0.15) is 23.7 Å². The average molecular weight is 448 g/mol. The van der Waals surface area contributed by atoms with Crippen LogP contribution in [0.4, 0.5) is 10.1 Å². The first kappa shape index (κ1) is 22.4. The molecule has 1 aromatic heterocycles. The van der Waals surface area contributed by atoms with Crippen LogP contribution < -0.4 is 10.5 Å². The Morgan fingerprint density at radius 2 is 1.58 bits per heavy atom. The molecule has 170 valence electrons. The van der Waals surface area contributed by atoms with Crippen LogP contribution in [0.2, 0.25) is 0 Å². The molecule has 2 heterocycles. The minimum Gasteiger partial charge on any atom is -0.368 e. The van der Waals surface area contributed by atoms with E-state index in [0.29, 0.717) is 43.0 Å². The molecule has 0 radical (unpaired) electrons. The van der Waals surface area contributed by atoms with Crippen LogP contribution in [0.15, 0.2) is 65.5 Å². The van der Waals surface area contributed by atoms with Gasteiger partial charge in [0.05, 0.1) is 12.2 Å². The maximum Gasteiger partial charge on any atom is 0.266 e. The highest BCUT2D eigenvalue weighted by Crippen LogP contribution is 2.18. The first-order valence-electron chi connectivity index (χ1n) is 10.9. The second kappa shape index (κ2) is 9.77. The highest BCUT2D eigenvalue weighted by Gasteiger charge is 2.21. The molecule has 1 saturated heterocycles. The van der Waals surface area contributed by atoms with Gasteiger partial charge in [-0.2, -0.15) is 5.10 Å². The molecule has 3 aromatic rings. The van der Waals surface area contributed by atoms with Crippen LogP contribution in [0.3, 0.4) is 0 Å². The van der Waals surface area contributed by atoms with Crippen LogP contribution in [0.5, 0.6) is 0 Å². The van der Waals surface area contributed by atoms with Crippen LogP contribution in [-0.2, 0) is 11.3 Å². The Hall–Kier alpha value is -3.81. The highest BCUT2D eigenvalue weighted by molar-refractivity contribution is 5.94. The zero-order valence-electron chi connectivity index (χ0n) is 18.4. The van der Waals surface area contributed by atoms with Crippen molar-refractivity contribution in [3.8, 4) is 11.3 Å². The van der Waals surface area contributed by atoms with Gasteiger partial charge < -0.3 is 9.80 Å². The van der Waals surface area contributed by atoms with Gasteiger partial charge in [-0.15, -0.1) is 0 Å². The van der Waals surface area contributed by atoms with Gasteiger partial charge in [0.2, 0.25) is 5.91 Å². The second-order valence-electron chi connectivity index (χ2n) is 8.01. The minimum absolute atomic E-state index is 0.0255. The molecule has 1 fully saturated rings. The number of rotatable bonds is 6. The lowest BCUT2D eigenvalue weighted by Gasteiger charge is -2.36. The number of hydrogen-bond donors (Lipinski definition) is 0.